The van der Waals surface area contributed by atoms with E-state index in [0.29, 0.717) is 51.7 Å². The molecule has 8 nitrogen and oxygen atoms in total. The van der Waals surface area contributed by atoms with E-state index in [0.717, 1.165) is 5.56 Å². The Balaban J connectivity index is 1.62. The Bertz CT molecular complexity index is 1520. The third-order valence-electron chi connectivity index (χ3n) is 7.22. The molecule has 0 spiro atoms. The molecule has 42 heavy (non-hydrogen) atoms. The van der Waals surface area contributed by atoms with Crippen LogP contribution < -0.4 is 9.46 Å². The highest BCUT2D eigenvalue weighted by atomic mass is 35.5. The van der Waals surface area contributed by atoms with Crippen LogP contribution in [0.25, 0.3) is 0 Å². The van der Waals surface area contributed by atoms with Gasteiger partial charge in [0.25, 0.3) is 10.0 Å². The maximum Gasteiger partial charge on any atom is 0.261 e. The van der Waals surface area contributed by atoms with Crippen LogP contribution in [-0.4, -0.2) is 68.1 Å². The van der Waals surface area contributed by atoms with Crippen molar-refractivity contribution in [2.75, 3.05) is 31.5 Å². The molecule has 3 aromatic rings. The number of nitrogens with zero attached hydrogens (tertiary/aromatic N) is 2. The van der Waals surface area contributed by atoms with Crippen LogP contribution in [-0.2, 0) is 27.8 Å². The van der Waals surface area contributed by atoms with Gasteiger partial charge >= 0.3 is 0 Å². The number of likely N-dealkylation sites (N-methyl/N-ethyl adjacent to an activating group) is 1. The van der Waals surface area contributed by atoms with Gasteiger partial charge in [-0.1, -0.05) is 47.8 Å². The van der Waals surface area contributed by atoms with Crippen molar-refractivity contribution in [2.45, 2.75) is 43.9 Å². The van der Waals surface area contributed by atoms with E-state index in [-0.39, 0.29) is 35.9 Å². The zero-order valence-corrected chi connectivity index (χ0v) is 26.6. The number of amides is 1. The summed E-state index contributed by atoms with van der Waals surface area (Å²) >= 11 is 18.2. The van der Waals surface area contributed by atoms with Gasteiger partial charge in [-0.3, -0.25) is 14.4 Å². The molecule has 0 bridgehead atoms. The Kier molecular flexibility index (Phi) is 10.7. The number of benzene rings is 3. The van der Waals surface area contributed by atoms with Crippen molar-refractivity contribution < 1.29 is 23.1 Å². The number of hydrogen-bond donors (Lipinski definition) is 2. The van der Waals surface area contributed by atoms with E-state index in [1.807, 2.05) is 26.1 Å². The summed E-state index contributed by atoms with van der Waals surface area (Å²) in [6.07, 6.45) is -0.346. The van der Waals surface area contributed by atoms with Crippen LogP contribution in [0.3, 0.4) is 0 Å². The van der Waals surface area contributed by atoms with Crippen molar-refractivity contribution in [1.82, 2.24) is 9.80 Å². The summed E-state index contributed by atoms with van der Waals surface area (Å²) < 4.78 is 35.1. The second-order valence-corrected chi connectivity index (χ2v) is 13.6. The summed E-state index contributed by atoms with van der Waals surface area (Å²) in [7, 11) is -1.92. The number of aliphatic hydroxyl groups is 1. The maximum absolute atomic E-state index is 13.5. The molecule has 3 aromatic carbocycles. The molecular weight excluding hydrogens is 621 g/mol. The fourth-order valence-electron chi connectivity index (χ4n) is 4.86. The second kappa shape index (κ2) is 13.8. The molecule has 226 valence electrons. The van der Waals surface area contributed by atoms with Crippen molar-refractivity contribution >= 4 is 56.4 Å². The highest BCUT2D eigenvalue weighted by Gasteiger charge is 2.31. The Hall–Kier alpha value is -2.53. The zero-order chi connectivity index (χ0) is 30.6. The van der Waals surface area contributed by atoms with Crippen LogP contribution in [0.15, 0.2) is 65.6 Å². The molecule has 1 aliphatic heterocycles. The Labute approximate surface area is 262 Å². The highest BCUT2D eigenvalue weighted by Crippen LogP contribution is 2.31. The predicted molar refractivity (Wildman–Crippen MR) is 167 cm³/mol. The molecule has 0 radical (unpaired) electrons. The molecule has 1 aliphatic rings. The van der Waals surface area contributed by atoms with Crippen molar-refractivity contribution in [3.8, 4) is 5.75 Å². The van der Waals surface area contributed by atoms with Crippen LogP contribution in [0, 0.1) is 5.92 Å². The largest absolute Gasteiger partial charge is 0.488 e. The van der Waals surface area contributed by atoms with E-state index >= 15 is 0 Å². The number of sulfonamides is 1. The lowest BCUT2D eigenvalue weighted by molar-refractivity contribution is -0.134. The first-order chi connectivity index (χ1) is 19.9. The second-order valence-electron chi connectivity index (χ2n) is 10.7. The van der Waals surface area contributed by atoms with E-state index in [9.17, 15) is 18.3 Å². The molecule has 0 aromatic heterocycles. The minimum absolute atomic E-state index is 0.0191. The molecule has 0 saturated heterocycles. The number of carbonyl (C=O) groups excluding carboxylic acids is 1. The van der Waals surface area contributed by atoms with E-state index < -0.39 is 16.1 Å². The average molecular weight is 655 g/mol. The van der Waals surface area contributed by atoms with Crippen molar-refractivity contribution in [3.63, 3.8) is 0 Å². The predicted octanol–water partition coefficient (Wildman–Crippen LogP) is 5.73. The average Bonchev–Trinajstić information content (AvgIpc) is 2.98. The molecule has 1 amide bonds. The topological polar surface area (TPSA) is 99.2 Å². The normalized spacial score (nSPS) is 18.5. The summed E-state index contributed by atoms with van der Waals surface area (Å²) in [5, 5.41) is 11.3. The smallest absolute Gasteiger partial charge is 0.261 e. The van der Waals surface area contributed by atoms with Crippen LogP contribution in [0.4, 0.5) is 5.69 Å². The summed E-state index contributed by atoms with van der Waals surface area (Å²) in [6, 6.07) is 15.9. The Morgan fingerprint density at radius 3 is 2.45 bits per heavy atom. The number of halogens is 3. The number of aliphatic hydroxyl groups excluding tert-OH is 1. The molecule has 0 aliphatic carbocycles. The van der Waals surface area contributed by atoms with Gasteiger partial charge in [0, 0.05) is 41.8 Å². The number of anilines is 1. The zero-order valence-electron chi connectivity index (χ0n) is 23.6. The van der Waals surface area contributed by atoms with Gasteiger partial charge in [0.2, 0.25) is 5.91 Å². The first-order valence-corrected chi connectivity index (χ1v) is 16.1. The van der Waals surface area contributed by atoms with Crippen LogP contribution in [0.2, 0.25) is 15.1 Å². The van der Waals surface area contributed by atoms with Gasteiger partial charge in [-0.2, -0.15) is 0 Å². The van der Waals surface area contributed by atoms with Crippen molar-refractivity contribution in [1.29, 1.82) is 0 Å². The number of ether oxygens (including phenoxy) is 1. The van der Waals surface area contributed by atoms with E-state index in [1.54, 1.807) is 36.1 Å². The first kappa shape index (κ1) is 32.4. The monoisotopic (exact) mass is 653 g/mol. The van der Waals surface area contributed by atoms with Gasteiger partial charge in [0.1, 0.15) is 11.9 Å². The van der Waals surface area contributed by atoms with Gasteiger partial charge in [-0.25, -0.2) is 8.42 Å². The van der Waals surface area contributed by atoms with Crippen LogP contribution in [0.1, 0.15) is 25.0 Å². The van der Waals surface area contributed by atoms with Gasteiger partial charge in [0.15, 0.2) is 0 Å². The van der Waals surface area contributed by atoms with E-state index in [1.165, 1.54) is 24.3 Å². The molecule has 3 atom stereocenters. The molecule has 0 saturated carbocycles. The lowest BCUT2D eigenvalue weighted by Gasteiger charge is -2.34. The number of carbonyl (C=O) groups is 1. The Morgan fingerprint density at radius 2 is 1.79 bits per heavy atom. The summed E-state index contributed by atoms with van der Waals surface area (Å²) in [5.74, 6) is 0.222. The summed E-state index contributed by atoms with van der Waals surface area (Å²) in [6.45, 7) is 5.14. The van der Waals surface area contributed by atoms with Crippen molar-refractivity contribution in [3.05, 3.63) is 86.9 Å². The molecule has 0 fully saturated rings. The fourth-order valence-corrected chi connectivity index (χ4v) is 6.36. The summed E-state index contributed by atoms with van der Waals surface area (Å²) in [5.41, 5.74) is 1.83. The number of rotatable bonds is 9. The SMILES string of the molecule is C[C@H]1CN([C@@H](C)CO)C(=O)Cc2cc(NS(=O)(=O)c3ccc(Cl)cc3)ccc2O[C@H]1CN(C)Cc1ccc(Cl)c(Cl)c1. The lowest BCUT2D eigenvalue weighted by atomic mass is 10.0. The molecule has 12 heteroatoms. The molecule has 2 N–H and O–H groups in total. The van der Waals surface area contributed by atoms with Gasteiger partial charge in [-0.15, -0.1) is 0 Å². The highest BCUT2D eigenvalue weighted by molar-refractivity contribution is 7.92. The minimum Gasteiger partial charge on any atom is -0.488 e. The van der Waals surface area contributed by atoms with Gasteiger partial charge < -0.3 is 14.7 Å². The lowest BCUT2D eigenvalue weighted by Crippen LogP contribution is -2.47. The molecular formula is C30H34Cl3N3O5S. The minimum atomic E-state index is -3.90. The standard InChI is InChI=1S/C30H34Cl3N3O5S/c1-19-15-36(20(2)18-37)30(38)14-22-13-24(34-42(39,40)25-8-5-23(31)6-9-25)7-11-28(22)41-29(19)17-35(3)16-21-4-10-26(32)27(33)12-21/h4-13,19-20,29,34,37H,14-18H2,1-3H3/t19-,20-,29-/m0/s1. The molecule has 4 rings (SSSR count). The van der Waals surface area contributed by atoms with E-state index in [2.05, 4.69) is 9.62 Å². The van der Waals surface area contributed by atoms with E-state index in [4.69, 9.17) is 39.5 Å². The van der Waals surface area contributed by atoms with Crippen LogP contribution >= 0.6 is 34.8 Å². The first-order valence-electron chi connectivity index (χ1n) is 13.5. The van der Waals surface area contributed by atoms with Gasteiger partial charge in [-0.05, 0) is 74.1 Å². The maximum atomic E-state index is 13.5. The van der Waals surface area contributed by atoms with Crippen LogP contribution in [0.5, 0.6) is 5.75 Å². The third kappa shape index (κ3) is 8.09. The molecule has 1 heterocycles. The number of hydrogen-bond acceptors (Lipinski definition) is 6. The Morgan fingerprint density at radius 1 is 1.07 bits per heavy atom. The number of nitrogens with one attached hydrogen (secondary N) is 1. The third-order valence-corrected chi connectivity index (χ3v) is 9.61. The van der Waals surface area contributed by atoms with Crippen molar-refractivity contribution in [2.24, 2.45) is 5.92 Å². The summed E-state index contributed by atoms with van der Waals surface area (Å²) in [4.78, 5) is 17.3. The number of fused-ring (bicyclic) bond motifs is 1. The molecule has 0 unspecified atom stereocenters. The quantitative estimate of drug-likeness (QED) is 0.306. The fraction of sp³-hybridized carbons (Fsp3) is 0.367. The van der Waals surface area contributed by atoms with Gasteiger partial charge in [0.05, 0.1) is 34.0 Å².